The number of sulfonamides is 2. The molecule has 31 heavy (non-hydrogen) atoms. The van der Waals surface area contributed by atoms with E-state index in [0.717, 1.165) is 24.3 Å². The number of para-hydroxylation sites is 1. The minimum Gasteiger partial charge on any atom is -0.367 e. The zero-order valence-electron chi connectivity index (χ0n) is 16.3. The van der Waals surface area contributed by atoms with Gasteiger partial charge in [-0.3, -0.25) is 10.1 Å². The highest BCUT2D eigenvalue weighted by Gasteiger charge is 2.28. The maximum absolute atomic E-state index is 13.9. The second-order valence-electron chi connectivity index (χ2n) is 6.80. The van der Waals surface area contributed by atoms with Crippen LogP contribution in [0.25, 0.3) is 0 Å². The van der Waals surface area contributed by atoms with Crippen molar-refractivity contribution in [3.8, 4) is 0 Å². The number of nitro benzene ring substituents is 1. The third-order valence-electron chi connectivity index (χ3n) is 4.84. The van der Waals surface area contributed by atoms with Crippen molar-refractivity contribution >= 4 is 31.4 Å². The van der Waals surface area contributed by atoms with Crippen molar-refractivity contribution < 1.29 is 26.1 Å². The molecule has 0 atom stereocenters. The summed E-state index contributed by atoms with van der Waals surface area (Å²) < 4.78 is 67.0. The maximum Gasteiger partial charge on any atom is 0.269 e. The molecule has 0 amide bonds. The highest BCUT2D eigenvalue weighted by Crippen LogP contribution is 2.21. The summed E-state index contributed by atoms with van der Waals surface area (Å²) in [5.41, 5.74) is 0.159. The first-order valence-electron chi connectivity index (χ1n) is 9.31. The van der Waals surface area contributed by atoms with Crippen molar-refractivity contribution in [2.24, 2.45) is 0 Å². The first-order chi connectivity index (χ1) is 14.6. The number of anilines is 1. The Morgan fingerprint density at radius 2 is 1.58 bits per heavy atom. The number of nitro groups is 1. The number of nitrogens with one attached hydrogen (secondary N) is 1. The van der Waals surface area contributed by atoms with Gasteiger partial charge >= 0.3 is 0 Å². The smallest absolute Gasteiger partial charge is 0.269 e. The van der Waals surface area contributed by atoms with E-state index in [9.17, 15) is 31.3 Å². The van der Waals surface area contributed by atoms with E-state index in [1.807, 2.05) is 0 Å². The zero-order valence-corrected chi connectivity index (χ0v) is 18.0. The van der Waals surface area contributed by atoms with Gasteiger partial charge in [-0.1, -0.05) is 12.1 Å². The van der Waals surface area contributed by atoms with Crippen molar-refractivity contribution in [1.82, 2.24) is 9.03 Å². The summed E-state index contributed by atoms with van der Waals surface area (Å²) in [7, 11) is -7.74. The molecule has 0 aromatic heterocycles. The summed E-state index contributed by atoms with van der Waals surface area (Å²) in [4.78, 5) is 11.6. The van der Waals surface area contributed by atoms with Crippen LogP contribution in [0.1, 0.15) is 0 Å². The lowest BCUT2D eigenvalue weighted by Gasteiger charge is -2.35. The molecule has 0 spiro atoms. The highest BCUT2D eigenvalue weighted by atomic mass is 32.2. The van der Waals surface area contributed by atoms with Crippen molar-refractivity contribution in [2.75, 3.05) is 43.4 Å². The molecule has 2 aromatic carbocycles. The predicted molar refractivity (Wildman–Crippen MR) is 112 cm³/mol. The number of benzene rings is 2. The van der Waals surface area contributed by atoms with E-state index >= 15 is 0 Å². The van der Waals surface area contributed by atoms with E-state index in [2.05, 4.69) is 4.72 Å². The van der Waals surface area contributed by atoms with Gasteiger partial charge in [-0.05, 0) is 24.3 Å². The highest BCUT2D eigenvalue weighted by molar-refractivity contribution is 7.90. The monoisotopic (exact) mass is 472 g/mol. The van der Waals surface area contributed by atoms with Gasteiger partial charge in [0.15, 0.2) is 0 Å². The fourth-order valence-corrected chi connectivity index (χ4v) is 5.68. The summed E-state index contributed by atoms with van der Waals surface area (Å²) in [5, 5.41) is 10.7. The number of rotatable bonds is 8. The summed E-state index contributed by atoms with van der Waals surface area (Å²) in [6.45, 7) is 0.593. The molecule has 1 fully saturated rings. The molecule has 2 aromatic rings. The van der Waals surface area contributed by atoms with Gasteiger partial charge in [0.05, 0.1) is 21.3 Å². The molecule has 0 aliphatic carbocycles. The molecular formula is C18H21FN4O6S2. The van der Waals surface area contributed by atoms with Crippen molar-refractivity contribution in [1.29, 1.82) is 0 Å². The molecule has 13 heteroatoms. The fraction of sp³-hybridized carbons (Fsp3) is 0.333. The normalized spacial score (nSPS) is 15.7. The number of hydrogen-bond donors (Lipinski definition) is 1. The minimum atomic E-state index is -4.01. The van der Waals surface area contributed by atoms with Crippen LogP contribution in [-0.2, 0) is 20.0 Å². The molecule has 0 saturated carbocycles. The van der Waals surface area contributed by atoms with Crippen molar-refractivity contribution in [2.45, 2.75) is 4.90 Å². The molecule has 1 aliphatic rings. The second-order valence-corrected chi connectivity index (χ2v) is 10.7. The van der Waals surface area contributed by atoms with E-state index < -0.39 is 30.7 Å². The number of non-ortho nitro benzene ring substituents is 1. The van der Waals surface area contributed by atoms with Gasteiger partial charge in [0.2, 0.25) is 20.0 Å². The largest absolute Gasteiger partial charge is 0.367 e. The molecule has 3 rings (SSSR count). The van der Waals surface area contributed by atoms with Gasteiger partial charge in [0, 0.05) is 44.9 Å². The summed E-state index contributed by atoms with van der Waals surface area (Å²) in [5.74, 6) is -0.821. The second kappa shape index (κ2) is 9.26. The molecule has 1 heterocycles. The lowest BCUT2D eigenvalue weighted by Crippen LogP contribution is -2.50. The lowest BCUT2D eigenvalue weighted by atomic mass is 10.2. The summed E-state index contributed by atoms with van der Waals surface area (Å²) >= 11 is 0. The molecule has 0 radical (unpaired) electrons. The topological polar surface area (TPSA) is 130 Å². The third-order valence-corrected chi connectivity index (χ3v) is 8.18. The molecule has 0 bridgehead atoms. The minimum absolute atomic E-state index is 0.159. The number of piperazine rings is 1. The van der Waals surface area contributed by atoms with Gasteiger partial charge in [0.1, 0.15) is 5.82 Å². The van der Waals surface area contributed by atoms with E-state index in [0.29, 0.717) is 18.8 Å². The summed E-state index contributed by atoms with van der Waals surface area (Å²) in [6, 6.07) is 10.5. The van der Waals surface area contributed by atoms with Crippen LogP contribution >= 0.6 is 0 Å². The Labute approximate surface area is 179 Å². The van der Waals surface area contributed by atoms with E-state index in [-0.39, 0.29) is 36.0 Å². The van der Waals surface area contributed by atoms with Gasteiger partial charge in [-0.2, -0.15) is 4.31 Å². The zero-order chi connectivity index (χ0) is 22.6. The van der Waals surface area contributed by atoms with Crippen molar-refractivity contribution in [3.05, 3.63) is 64.5 Å². The predicted octanol–water partition coefficient (Wildman–Crippen LogP) is 1.16. The molecule has 1 N–H and O–H groups in total. The Bertz CT molecular complexity index is 1150. The van der Waals surface area contributed by atoms with E-state index in [1.54, 1.807) is 23.1 Å². The Morgan fingerprint density at radius 3 is 2.16 bits per heavy atom. The van der Waals surface area contributed by atoms with Crippen LogP contribution in [-0.4, -0.2) is 64.5 Å². The van der Waals surface area contributed by atoms with Crippen LogP contribution in [0.4, 0.5) is 15.8 Å². The number of hydrogen-bond acceptors (Lipinski definition) is 7. The van der Waals surface area contributed by atoms with Gasteiger partial charge in [0.25, 0.3) is 5.69 Å². The Morgan fingerprint density at radius 1 is 0.968 bits per heavy atom. The molecule has 10 nitrogen and oxygen atoms in total. The van der Waals surface area contributed by atoms with Crippen LogP contribution in [0, 0.1) is 15.9 Å². The average Bonchev–Trinajstić information content (AvgIpc) is 2.74. The molecule has 1 saturated heterocycles. The Kier molecular flexibility index (Phi) is 6.89. The standard InChI is InChI=1S/C18H21FN4O6S2/c19-17-3-1-2-4-18(17)21-10-12-22(13-11-21)30(26,27)14-9-20-31(28,29)16-7-5-15(6-8-16)23(24)25/h1-8,20H,9-14H2. The van der Waals surface area contributed by atoms with E-state index in [4.69, 9.17) is 0 Å². The quantitative estimate of drug-likeness (QED) is 0.451. The van der Waals surface area contributed by atoms with Gasteiger partial charge in [-0.15, -0.1) is 0 Å². The fourth-order valence-electron chi connectivity index (χ4n) is 3.18. The van der Waals surface area contributed by atoms with Crippen LogP contribution in [0.15, 0.2) is 53.4 Å². The number of nitrogens with zero attached hydrogens (tertiary/aromatic N) is 3. The first-order valence-corrected chi connectivity index (χ1v) is 12.4. The Balaban J connectivity index is 1.54. The lowest BCUT2D eigenvalue weighted by molar-refractivity contribution is -0.384. The molecule has 0 unspecified atom stereocenters. The van der Waals surface area contributed by atoms with E-state index in [1.165, 1.54) is 10.4 Å². The molecular weight excluding hydrogens is 451 g/mol. The third kappa shape index (κ3) is 5.55. The summed E-state index contributed by atoms with van der Waals surface area (Å²) in [6.07, 6.45) is 0. The van der Waals surface area contributed by atoms with Gasteiger partial charge in [-0.25, -0.2) is 25.9 Å². The molecule has 1 aliphatic heterocycles. The van der Waals surface area contributed by atoms with Gasteiger partial charge < -0.3 is 4.90 Å². The van der Waals surface area contributed by atoms with Crippen LogP contribution in [0.2, 0.25) is 0 Å². The average molecular weight is 473 g/mol. The van der Waals surface area contributed by atoms with Crippen LogP contribution in [0.3, 0.4) is 0 Å². The first kappa shape index (κ1) is 23.1. The number of halogens is 1. The van der Waals surface area contributed by atoms with Crippen LogP contribution < -0.4 is 9.62 Å². The Hall–Kier alpha value is -2.61. The van der Waals surface area contributed by atoms with Crippen LogP contribution in [0.5, 0.6) is 0 Å². The molecule has 168 valence electrons. The SMILES string of the molecule is O=[N+]([O-])c1ccc(S(=O)(=O)NCCS(=O)(=O)N2CCN(c3ccccc3F)CC2)cc1. The maximum atomic E-state index is 13.9. The van der Waals surface area contributed by atoms with Crippen molar-refractivity contribution in [3.63, 3.8) is 0 Å².